The lowest BCUT2D eigenvalue weighted by atomic mass is 9.82. The van der Waals surface area contributed by atoms with E-state index in [2.05, 4.69) is 16.8 Å². The molecule has 2 atom stereocenters. The number of piperidine rings is 2. The number of nitrogens with zero attached hydrogens (tertiary/aromatic N) is 2. The third-order valence-corrected chi connectivity index (χ3v) is 7.72. The van der Waals surface area contributed by atoms with Gasteiger partial charge in [-0.25, -0.2) is 9.69 Å². The van der Waals surface area contributed by atoms with Gasteiger partial charge in [0.05, 0.1) is 23.9 Å². The molecule has 2 aromatic rings. The van der Waals surface area contributed by atoms with Gasteiger partial charge in [0, 0.05) is 43.6 Å². The topological polar surface area (TPSA) is 88.2 Å². The Hall–Kier alpha value is -3.65. The molecule has 2 bridgehead atoms. The Morgan fingerprint density at radius 3 is 2.32 bits per heavy atom. The van der Waals surface area contributed by atoms with Crippen molar-refractivity contribution in [2.24, 2.45) is 0 Å². The molecule has 2 unspecified atom stereocenters. The lowest BCUT2D eigenvalue weighted by molar-refractivity contribution is -0.0299. The summed E-state index contributed by atoms with van der Waals surface area (Å²) in [5, 5.41) is 2.83. The monoisotopic (exact) mass is 503 g/mol. The Bertz CT molecular complexity index is 1190. The zero-order valence-corrected chi connectivity index (χ0v) is 21.4. The fourth-order valence-electron chi connectivity index (χ4n) is 5.95. The molecule has 194 valence electrons. The molecular weight excluding hydrogens is 470 g/mol. The molecule has 0 aromatic heterocycles. The number of fused-ring (bicyclic) bond motifs is 3. The third-order valence-electron chi connectivity index (χ3n) is 7.72. The van der Waals surface area contributed by atoms with Crippen LogP contribution in [0.2, 0.25) is 0 Å². The smallest absolute Gasteiger partial charge is 0.412 e. The van der Waals surface area contributed by atoms with E-state index in [1.165, 1.54) is 4.90 Å². The van der Waals surface area contributed by atoms with E-state index in [1.54, 1.807) is 31.4 Å². The van der Waals surface area contributed by atoms with Crippen LogP contribution in [0, 0.1) is 6.92 Å². The van der Waals surface area contributed by atoms with E-state index in [1.807, 2.05) is 25.1 Å². The molecule has 37 heavy (non-hydrogen) atoms. The second-order valence-electron chi connectivity index (χ2n) is 10.1. The summed E-state index contributed by atoms with van der Waals surface area (Å²) in [5.74, 6) is -0.00385. The molecule has 8 heteroatoms. The number of hydrogen-bond donors (Lipinski definition) is 1. The molecule has 0 radical (unpaired) electrons. The van der Waals surface area contributed by atoms with Crippen molar-refractivity contribution < 1.29 is 23.9 Å². The molecule has 3 aliphatic heterocycles. The summed E-state index contributed by atoms with van der Waals surface area (Å²) in [6.45, 7) is 6.75. The summed E-state index contributed by atoms with van der Waals surface area (Å²) < 4.78 is 11.2. The van der Waals surface area contributed by atoms with Crippen LogP contribution in [0.25, 0.3) is 0 Å². The van der Waals surface area contributed by atoms with Gasteiger partial charge in [-0.3, -0.25) is 19.8 Å². The largest absolute Gasteiger partial charge is 0.495 e. The van der Waals surface area contributed by atoms with Gasteiger partial charge < -0.3 is 9.47 Å². The van der Waals surface area contributed by atoms with Gasteiger partial charge in [-0.2, -0.15) is 0 Å². The van der Waals surface area contributed by atoms with E-state index in [9.17, 15) is 14.4 Å². The molecule has 2 aromatic carbocycles. The number of amides is 3. The summed E-state index contributed by atoms with van der Waals surface area (Å²) in [7, 11) is 1.57. The fourth-order valence-corrected chi connectivity index (χ4v) is 5.95. The second kappa shape index (κ2) is 10.4. The standard InChI is InChI=1S/C29H33N3O5/c1-18-11-12-26(36-3)25(15-18)30-29(35)37-22-16-20-7-6-8-21(17-22)31(20)14-13-19(2)32-27(33)23-9-4-5-10-24(23)28(32)34/h4-5,9-12,15,20-22H,2,6-8,13-14,16-17H2,1,3H3,(H,30,35). The zero-order valence-electron chi connectivity index (χ0n) is 21.4. The minimum absolute atomic E-state index is 0.165. The summed E-state index contributed by atoms with van der Waals surface area (Å²) in [6, 6.07) is 13.1. The number of hydrogen-bond acceptors (Lipinski definition) is 6. The first-order valence-corrected chi connectivity index (χ1v) is 12.9. The second-order valence-corrected chi connectivity index (χ2v) is 10.1. The van der Waals surface area contributed by atoms with Gasteiger partial charge in [0.25, 0.3) is 11.8 Å². The number of methoxy groups -OCH3 is 1. The molecular formula is C29H33N3O5. The van der Waals surface area contributed by atoms with Crippen LogP contribution in [0.1, 0.15) is 64.8 Å². The Morgan fingerprint density at radius 2 is 1.70 bits per heavy atom. The molecule has 3 heterocycles. The molecule has 8 nitrogen and oxygen atoms in total. The van der Waals surface area contributed by atoms with E-state index in [-0.39, 0.29) is 30.0 Å². The van der Waals surface area contributed by atoms with Crippen LogP contribution in [-0.4, -0.2) is 59.5 Å². The molecule has 0 saturated carbocycles. The van der Waals surface area contributed by atoms with Crippen molar-refractivity contribution in [3.8, 4) is 5.75 Å². The maximum Gasteiger partial charge on any atom is 0.412 e. The summed E-state index contributed by atoms with van der Waals surface area (Å²) >= 11 is 0. The first-order chi connectivity index (χ1) is 17.9. The van der Waals surface area contributed by atoms with Crippen LogP contribution in [0.15, 0.2) is 54.7 Å². The predicted octanol–water partition coefficient (Wildman–Crippen LogP) is 5.14. The number of ether oxygens (including phenoxy) is 2. The highest BCUT2D eigenvalue weighted by molar-refractivity contribution is 6.22. The quantitative estimate of drug-likeness (QED) is 0.527. The van der Waals surface area contributed by atoms with Crippen LogP contribution < -0.4 is 10.1 Å². The molecule has 2 saturated heterocycles. The van der Waals surface area contributed by atoms with Gasteiger partial charge in [0.15, 0.2) is 0 Å². The van der Waals surface area contributed by atoms with E-state index in [0.29, 0.717) is 41.2 Å². The van der Waals surface area contributed by atoms with Crippen LogP contribution in [0.5, 0.6) is 5.75 Å². The number of benzene rings is 2. The maximum atomic E-state index is 12.8. The van der Waals surface area contributed by atoms with Gasteiger partial charge in [-0.1, -0.05) is 31.2 Å². The van der Waals surface area contributed by atoms with Crippen LogP contribution in [0.4, 0.5) is 10.5 Å². The predicted molar refractivity (Wildman–Crippen MR) is 140 cm³/mol. The summed E-state index contributed by atoms with van der Waals surface area (Å²) in [5.41, 5.74) is 3.00. The van der Waals surface area contributed by atoms with Crippen molar-refractivity contribution in [1.82, 2.24) is 9.80 Å². The first-order valence-electron chi connectivity index (χ1n) is 12.9. The highest BCUT2D eigenvalue weighted by atomic mass is 16.6. The molecule has 5 rings (SSSR count). The Kier molecular flexibility index (Phi) is 7.02. The molecule has 0 spiro atoms. The maximum absolute atomic E-state index is 12.8. The van der Waals surface area contributed by atoms with Gasteiger partial charge >= 0.3 is 6.09 Å². The van der Waals surface area contributed by atoms with Gasteiger partial charge in [0.1, 0.15) is 11.9 Å². The summed E-state index contributed by atoms with van der Waals surface area (Å²) in [6.07, 6.45) is 4.61. The van der Waals surface area contributed by atoms with Crippen molar-refractivity contribution in [2.45, 2.75) is 63.6 Å². The van der Waals surface area contributed by atoms with E-state index in [4.69, 9.17) is 9.47 Å². The van der Waals surface area contributed by atoms with Crippen molar-refractivity contribution in [2.75, 3.05) is 19.0 Å². The van der Waals surface area contributed by atoms with Gasteiger partial charge in [-0.05, 0) is 49.6 Å². The Labute approximate surface area is 217 Å². The normalized spacial score (nSPS) is 23.0. The lowest BCUT2D eigenvalue weighted by Gasteiger charge is -2.48. The SMILES string of the molecule is C=C(CCN1C2CCCC1CC(OC(=O)Nc1cc(C)ccc1OC)C2)N1C(=O)c2ccccc2C1=O. The lowest BCUT2D eigenvalue weighted by Crippen LogP contribution is -2.54. The minimum atomic E-state index is -0.473. The van der Waals surface area contributed by atoms with E-state index in [0.717, 1.165) is 37.7 Å². The minimum Gasteiger partial charge on any atom is -0.495 e. The van der Waals surface area contributed by atoms with Crippen molar-refractivity contribution in [1.29, 1.82) is 0 Å². The summed E-state index contributed by atoms with van der Waals surface area (Å²) in [4.78, 5) is 42.0. The van der Waals surface area contributed by atoms with E-state index < -0.39 is 6.09 Å². The highest BCUT2D eigenvalue weighted by Gasteiger charge is 2.41. The number of aryl methyl sites for hydroxylation is 1. The average molecular weight is 504 g/mol. The molecule has 3 aliphatic rings. The fraction of sp³-hybridized carbons (Fsp3) is 0.414. The molecule has 2 fully saturated rings. The van der Waals surface area contributed by atoms with Crippen LogP contribution in [0.3, 0.4) is 0 Å². The Balaban J connectivity index is 1.17. The number of anilines is 1. The molecule has 0 aliphatic carbocycles. The molecule has 1 N–H and O–H groups in total. The van der Waals surface area contributed by atoms with Crippen LogP contribution >= 0.6 is 0 Å². The van der Waals surface area contributed by atoms with Crippen molar-refractivity contribution in [3.63, 3.8) is 0 Å². The van der Waals surface area contributed by atoms with Crippen molar-refractivity contribution >= 4 is 23.6 Å². The first kappa shape index (κ1) is 25.0. The average Bonchev–Trinajstić information content (AvgIpc) is 3.12. The van der Waals surface area contributed by atoms with Gasteiger partial charge in [0.2, 0.25) is 0 Å². The Morgan fingerprint density at radius 1 is 1.05 bits per heavy atom. The number of imide groups is 1. The van der Waals surface area contributed by atoms with Crippen molar-refractivity contribution in [3.05, 3.63) is 71.4 Å². The van der Waals surface area contributed by atoms with Gasteiger partial charge in [-0.15, -0.1) is 0 Å². The van der Waals surface area contributed by atoms with Crippen LogP contribution in [-0.2, 0) is 4.74 Å². The third kappa shape index (κ3) is 4.98. The zero-order chi connectivity index (χ0) is 26.1. The number of rotatable bonds is 7. The number of nitrogens with one attached hydrogen (secondary N) is 1. The highest BCUT2D eigenvalue weighted by Crippen LogP contribution is 2.36. The van der Waals surface area contributed by atoms with E-state index >= 15 is 0 Å². The number of carbonyl (C=O) groups excluding carboxylic acids is 3. The molecule has 3 amide bonds. The number of carbonyl (C=O) groups is 3.